The van der Waals surface area contributed by atoms with Crippen molar-refractivity contribution in [2.45, 2.75) is 18.9 Å². The van der Waals surface area contributed by atoms with Crippen LogP contribution in [0.25, 0.3) is 0 Å². The molecule has 3 rings (SSSR count). The normalized spacial score (nSPS) is 17.6. The Morgan fingerprint density at radius 3 is 2.77 bits per heavy atom. The van der Waals surface area contributed by atoms with Crippen LogP contribution < -0.4 is 10.2 Å². The van der Waals surface area contributed by atoms with Crippen molar-refractivity contribution in [3.8, 4) is 0 Å². The van der Waals surface area contributed by atoms with Gasteiger partial charge in [0.25, 0.3) is 0 Å². The van der Waals surface area contributed by atoms with Gasteiger partial charge >= 0.3 is 0 Å². The van der Waals surface area contributed by atoms with Gasteiger partial charge < -0.3 is 5.32 Å². The molecule has 2 amide bonds. The second-order valence-corrected chi connectivity index (χ2v) is 4.87. The number of rotatable bonds is 3. The molecule has 1 N–H and O–H groups in total. The molecule has 112 valence electrons. The van der Waals surface area contributed by atoms with E-state index in [-0.39, 0.29) is 24.2 Å². The second kappa shape index (κ2) is 5.88. The molecule has 7 heteroatoms. The number of aromatic nitrogens is 2. The van der Waals surface area contributed by atoms with Crippen LogP contribution in [0.1, 0.15) is 12.8 Å². The summed E-state index contributed by atoms with van der Waals surface area (Å²) in [6.45, 7) is 0. The maximum absolute atomic E-state index is 13.2. The molecule has 0 radical (unpaired) electrons. The fourth-order valence-corrected chi connectivity index (χ4v) is 2.39. The highest BCUT2D eigenvalue weighted by atomic mass is 19.1. The maximum atomic E-state index is 13.2. The van der Waals surface area contributed by atoms with Gasteiger partial charge in [0.05, 0.1) is 0 Å². The molecule has 2 heterocycles. The van der Waals surface area contributed by atoms with Crippen LogP contribution >= 0.6 is 0 Å². The third kappa shape index (κ3) is 2.78. The van der Waals surface area contributed by atoms with Crippen molar-refractivity contribution in [3.63, 3.8) is 0 Å². The van der Waals surface area contributed by atoms with E-state index in [1.54, 1.807) is 12.1 Å². The number of halogens is 1. The summed E-state index contributed by atoms with van der Waals surface area (Å²) in [5.41, 5.74) is 0.346. The van der Waals surface area contributed by atoms with E-state index in [1.807, 2.05) is 0 Å². The van der Waals surface area contributed by atoms with Gasteiger partial charge in [-0.2, -0.15) is 0 Å². The van der Waals surface area contributed by atoms with Gasteiger partial charge in [0.15, 0.2) is 0 Å². The van der Waals surface area contributed by atoms with Crippen molar-refractivity contribution in [1.29, 1.82) is 0 Å². The highest BCUT2D eigenvalue weighted by molar-refractivity contribution is 6.06. The molecule has 22 heavy (non-hydrogen) atoms. The number of hydrogen-bond acceptors (Lipinski definition) is 4. The molecule has 2 aromatic rings. The molecule has 0 spiro atoms. The van der Waals surface area contributed by atoms with Crippen molar-refractivity contribution in [1.82, 2.24) is 9.97 Å². The number of nitrogens with one attached hydrogen (secondary N) is 1. The van der Waals surface area contributed by atoms with Crippen LogP contribution in [0.3, 0.4) is 0 Å². The van der Waals surface area contributed by atoms with Crippen molar-refractivity contribution in [2.75, 3.05) is 10.2 Å². The summed E-state index contributed by atoms with van der Waals surface area (Å²) in [5.74, 6) is -0.831. The molecule has 0 bridgehead atoms. The first kappa shape index (κ1) is 14.1. The Morgan fingerprint density at radius 2 is 2.05 bits per heavy atom. The molecular weight excluding hydrogens is 287 g/mol. The van der Waals surface area contributed by atoms with Crippen LogP contribution in [0.5, 0.6) is 0 Å². The zero-order valence-corrected chi connectivity index (χ0v) is 11.6. The van der Waals surface area contributed by atoms with Gasteiger partial charge in [-0.25, -0.2) is 14.4 Å². The van der Waals surface area contributed by atoms with Gasteiger partial charge in [0.2, 0.25) is 17.8 Å². The fourth-order valence-electron chi connectivity index (χ4n) is 2.39. The lowest BCUT2D eigenvalue weighted by molar-refractivity contribution is -0.120. The van der Waals surface area contributed by atoms with E-state index >= 15 is 0 Å². The predicted octanol–water partition coefficient (Wildman–Crippen LogP) is 1.75. The minimum absolute atomic E-state index is 0.199. The molecule has 6 nitrogen and oxygen atoms in total. The number of anilines is 2. The topological polar surface area (TPSA) is 75.2 Å². The maximum Gasteiger partial charge on any atom is 0.247 e. The standard InChI is InChI=1S/C15H13FN4O2/c16-10-3-1-4-11(9-10)19-14(22)12-5-6-13(21)20(12)15-17-7-2-8-18-15/h1-4,7-9,12H,5-6H2,(H,19,22). The summed E-state index contributed by atoms with van der Waals surface area (Å²) >= 11 is 0. The fraction of sp³-hybridized carbons (Fsp3) is 0.200. The van der Waals surface area contributed by atoms with Gasteiger partial charge in [-0.1, -0.05) is 6.07 Å². The van der Waals surface area contributed by atoms with E-state index in [0.29, 0.717) is 12.1 Å². The second-order valence-electron chi connectivity index (χ2n) is 4.87. The number of benzene rings is 1. The molecule has 1 atom stereocenters. The minimum atomic E-state index is -0.696. The molecule has 1 fully saturated rings. The summed E-state index contributed by atoms with van der Waals surface area (Å²) < 4.78 is 13.2. The van der Waals surface area contributed by atoms with Crippen LogP contribution in [0.4, 0.5) is 16.0 Å². The predicted molar refractivity (Wildman–Crippen MR) is 77.6 cm³/mol. The third-order valence-electron chi connectivity index (χ3n) is 3.37. The van der Waals surface area contributed by atoms with Crippen molar-refractivity contribution in [3.05, 3.63) is 48.5 Å². The molecule has 0 aliphatic carbocycles. The first-order valence-corrected chi connectivity index (χ1v) is 6.80. The quantitative estimate of drug-likeness (QED) is 0.937. The van der Waals surface area contributed by atoms with Gasteiger partial charge in [-0.15, -0.1) is 0 Å². The number of nitrogens with zero attached hydrogens (tertiary/aromatic N) is 3. The summed E-state index contributed by atoms with van der Waals surface area (Å²) in [5, 5.41) is 2.62. The number of carbonyl (C=O) groups excluding carboxylic acids is 2. The van der Waals surface area contributed by atoms with E-state index in [4.69, 9.17) is 0 Å². The monoisotopic (exact) mass is 300 g/mol. The SMILES string of the molecule is O=C(Nc1cccc(F)c1)C1CCC(=O)N1c1ncccn1. The van der Waals surface area contributed by atoms with E-state index in [1.165, 1.54) is 35.5 Å². The third-order valence-corrected chi connectivity index (χ3v) is 3.37. The van der Waals surface area contributed by atoms with Crippen molar-refractivity contribution >= 4 is 23.5 Å². The van der Waals surface area contributed by atoms with Gasteiger partial charge in [0.1, 0.15) is 11.9 Å². The Hall–Kier alpha value is -2.83. The Balaban J connectivity index is 1.81. The van der Waals surface area contributed by atoms with Crippen molar-refractivity contribution < 1.29 is 14.0 Å². The van der Waals surface area contributed by atoms with E-state index < -0.39 is 11.9 Å². The molecular formula is C15H13FN4O2. The molecule has 0 saturated carbocycles. The van der Waals surface area contributed by atoms with Crippen LogP contribution in [0, 0.1) is 5.82 Å². The lowest BCUT2D eigenvalue weighted by atomic mass is 10.2. The Kier molecular flexibility index (Phi) is 3.78. The largest absolute Gasteiger partial charge is 0.324 e. The van der Waals surface area contributed by atoms with Crippen LogP contribution in [0.2, 0.25) is 0 Å². The summed E-state index contributed by atoms with van der Waals surface area (Å²) in [6.07, 6.45) is 3.64. The lowest BCUT2D eigenvalue weighted by Crippen LogP contribution is -2.42. The van der Waals surface area contributed by atoms with Gasteiger partial charge in [-0.05, 0) is 30.7 Å². The number of carbonyl (C=O) groups is 2. The van der Waals surface area contributed by atoms with Crippen LogP contribution in [0.15, 0.2) is 42.7 Å². The van der Waals surface area contributed by atoms with E-state index in [2.05, 4.69) is 15.3 Å². The molecule has 1 aliphatic rings. The van der Waals surface area contributed by atoms with Gasteiger partial charge in [0, 0.05) is 24.5 Å². The highest BCUT2D eigenvalue weighted by Crippen LogP contribution is 2.24. The highest BCUT2D eigenvalue weighted by Gasteiger charge is 2.38. The van der Waals surface area contributed by atoms with Crippen LogP contribution in [-0.2, 0) is 9.59 Å². The first-order valence-electron chi connectivity index (χ1n) is 6.80. The minimum Gasteiger partial charge on any atom is -0.324 e. The molecule has 1 saturated heterocycles. The molecule has 1 aromatic carbocycles. The van der Waals surface area contributed by atoms with Crippen LogP contribution in [-0.4, -0.2) is 27.8 Å². The van der Waals surface area contributed by atoms with Crippen molar-refractivity contribution in [2.24, 2.45) is 0 Å². The average molecular weight is 300 g/mol. The van der Waals surface area contributed by atoms with Gasteiger partial charge in [-0.3, -0.25) is 14.5 Å². The molecule has 1 aliphatic heterocycles. The average Bonchev–Trinajstić information content (AvgIpc) is 2.90. The Labute approximate surface area is 126 Å². The summed E-state index contributed by atoms with van der Waals surface area (Å²) in [6, 6.07) is 6.53. The summed E-state index contributed by atoms with van der Waals surface area (Å²) in [4.78, 5) is 33.7. The number of hydrogen-bond donors (Lipinski definition) is 1. The molecule has 1 unspecified atom stereocenters. The lowest BCUT2D eigenvalue weighted by Gasteiger charge is -2.21. The summed E-state index contributed by atoms with van der Waals surface area (Å²) in [7, 11) is 0. The van der Waals surface area contributed by atoms with E-state index in [9.17, 15) is 14.0 Å². The Bertz CT molecular complexity index is 708. The zero-order chi connectivity index (χ0) is 15.5. The smallest absolute Gasteiger partial charge is 0.247 e. The van der Waals surface area contributed by atoms with E-state index in [0.717, 1.165) is 0 Å². The number of amides is 2. The molecule has 1 aromatic heterocycles. The Morgan fingerprint density at radius 1 is 1.27 bits per heavy atom. The zero-order valence-electron chi connectivity index (χ0n) is 11.6. The first-order chi connectivity index (χ1) is 10.6.